The van der Waals surface area contributed by atoms with E-state index in [9.17, 15) is 10.2 Å². The number of aliphatic hydroxyl groups excluding tert-OH is 1. The molecule has 1 fully saturated rings. The van der Waals surface area contributed by atoms with E-state index in [0.717, 1.165) is 44.5 Å². The molecule has 0 spiro atoms. The fraction of sp³-hybridized carbons (Fsp3) is 0.647. The lowest BCUT2D eigenvalue weighted by Crippen LogP contribution is -2.44. The van der Waals surface area contributed by atoms with E-state index in [1.807, 2.05) is 19.1 Å². The highest BCUT2D eigenvalue weighted by Gasteiger charge is 2.27. The first-order valence-corrected chi connectivity index (χ1v) is 7.99. The lowest BCUT2D eigenvalue weighted by Gasteiger charge is -2.36. The molecule has 0 radical (unpaired) electrons. The molecule has 0 aromatic heterocycles. The molecule has 4 heteroatoms. The number of nitrogens with zero attached hydrogens (tertiary/aromatic N) is 1. The smallest absolute Gasteiger partial charge is 0.161 e. The second-order valence-corrected chi connectivity index (χ2v) is 5.86. The Bertz CT molecular complexity index is 450. The third kappa shape index (κ3) is 4.35. The third-order valence-electron chi connectivity index (χ3n) is 4.14. The number of piperidine rings is 1. The Balaban J connectivity index is 2.03. The van der Waals surface area contributed by atoms with E-state index >= 15 is 0 Å². The second kappa shape index (κ2) is 7.66. The van der Waals surface area contributed by atoms with Crippen molar-refractivity contribution in [1.82, 2.24) is 4.90 Å². The number of likely N-dealkylation sites (tertiary alicyclic amines) is 1. The number of aliphatic hydroxyl groups is 1. The van der Waals surface area contributed by atoms with Gasteiger partial charge in [0.05, 0.1) is 12.7 Å². The van der Waals surface area contributed by atoms with Crippen LogP contribution in [0.5, 0.6) is 11.5 Å². The summed E-state index contributed by atoms with van der Waals surface area (Å²) in [5, 5.41) is 20.0. The molecule has 0 bridgehead atoms. The Morgan fingerprint density at radius 3 is 2.86 bits per heavy atom. The second-order valence-electron chi connectivity index (χ2n) is 5.86. The average Bonchev–Trinajstić information content (AvgIpc) is 2.47. The van der Waals surface area contributed by atoms with Crippen molar-refractivity contribution in [3.05, 3.63) is 23.8 Å². The van der Waals surface area contributed by atoms with Crippen LogP contribution in [0.4, 0.5) is 0 Å². The van der Waals surface area contributed by atoms with E-state index in [-0.39, 0.29) is 17.8 Å². The molecule has 1 aromatic rings. The Labute approximate surface area is 127 Å². The Hall–Kier alpha value is -1.26. The summed E-state index contributed by atoms with van der Waals surface area (Å²) in [7, 11) is 0. The van der Waals surface area contributed by atoms with Gasteiger partial charge in [-0.1, -0.05) is 13.0 Å². The van der Waals surface area contributed by atoms with Crippen molar-refractivity contribution in [3.8, 4) is 11.5 Å². The summed E-state index contributed by atoms with van der Waals surface area (Å²) in [6.07, 6.45) is 2.58. The third-order valence-corrected chi connectivity index (χ3v) is 4.14. The lowest BCUT2D eigenvalue weighted by molar-refractivity contribution is 0.0270. The van der Waals surface area contributed by atoms with Gasteiger partial charge in [-0.05, 0) is 50.4 Å². The molecule has 0 aliphatic carbocycles. The molecular weight excluding hydrogens is 266 g/mol. The minimum atomic E-state index is -0.234. The number of benzene rings is 1. The predicted molar refractivity (Wildman–Crippen MR) is 83.8 cm³/mol. The highest BCUT2D eigenvalue weighted by molar-refractivity contribution is 5.42. The zero-order valence-electron chi connectivity index (χ0n) is 13.1. The van der Waals surface area contributed by atoms with Crippen LogP contribution in [0.25, 0.3) is 0 Å². The zero-order valence-corrected chi connectivity index (χ0v) is 13.1. The average molecular weight is 293 g/mol. The summed E-state index contributed by atoms with van der Waals surface area (Å²) in [5.41, 5.74) is 1.11. The van der Waals surface area contributed by atoms with Gasteiger partial charge in [0, 0.05) is 19.0 Å². The van der Waals surface area contributed by atoms with Crippen molar-refractivity contribution in [2.24, 2.45) is 5.92 Å². The number of rotatable bonds is 6. The fourth-order valence-electron chi connectivity index (χ4n) is 3.07. The number of phenolic OH excluding ortho intramolecular Hbond substituents is 1. The number of ether oxygens (including phenoxy) is 1. The van der Waals surface area contributed by atoms with Gasteiger partial charge in [0.2, 0.25) is 0 Å². The van der Waals surface area contributed by atoms with E-state index < -0.39 is 0 Å². The predicted octanol–water partition coefficient (Wildman–Crippen LogP) is 2.43. The van der Waals surface area contributed by atoms with E-state index in [4.69, 9.17) is 4.74 Å². The molecule has 1 aliphatic rings. The molecule has 1 heterocycles. The first kappa shape index (κ1) is 16.1. The van der Waals surface area contributed by atoms with Crippen molar-refractivity contribution < 1.29 is 14.9 Å². The van der Waals surface area contributed by atoms with E-state index in [1.165, 1.54) is 0 Å². The summed E-state index contributed by atoms with van der Waals surface area (Å²) < 4.78 is 5.43. The quantitative estimate of drug-likeness (QED) is 0.846. The van der Waals surface area contributed by atoms with Crippen LogP contribution in [-0.4, -0.2) is 47.5 Å². The van der Waals surface area contributed by atoms with E-state index in [1.54, 1.807) is 6.07 Å². The highest BCUT2D eigenvalue weighted by atomic mass is 16.5. The van der Waals surface area contributed by atoms with Crippen LogP contribution in [0.15, 0.2) is 18.2 Å². The Kier molecular flexibility index (Phi) is 5.88. The van der Waals surface area contributed by atoms with Gasteiger partial charge >= 0.3 is 0 Å². The summed E-state index contributed by atoms with van der Waals surface area (Å²) in [4.78, 5) is 2.43. The summed E-state index contributed by atoms with van der Waals surface area (Å²) >= 11 is 0. The number of aromatic hydroxyl groups is 1. The Morgan fingerprint density at radius 2 is 2.14 bits per heavy atom. The molecular formula is C17H27NO3. The molecule has 2 rings (SSSR count). The van der Waals surface area contributed by atoms with E-state index in [2.05, 4.69) is 11.8 Å². The molecule has 0 amide bonds. The molecule has 118 valence electrons. The normalized spacial score (nSPS) is 23.2. The maximum atomic E-state index is 10.2. The Morgan fingerprint density at radius 1 is 1.33 bits per heavy atom. The van der Waals surface area contributed by atoms with Crippen LogP contribution in [0.1, 0.15) is 32.3 Å². The fourth-order valence-corrected chi connectivity index (χ4v) is 3.07. The molecule has 21 heavy (non-hydrogen) atoms. The molecule has 4 nitrogen and oxygen atoms in total. The minimum absolute atomic E-state index is 0.178. The molecule has 2 unspecified atom stereocenters. The summed E-state index contributed by atoms with van der Waals surface area (Å²) in [5.74, 6) is 0.965. The minimum Gasteiger partial charge on any atom is -0.504 e. The zero-order chi connectivity index (χ0) is 15.2. The van der Waals surface area contributed by atoms with Crippen LogP contribution in [0.2, 0.25) is 0 Å². The summed E-state index contributed by atoms with van der Waals surface area (Å²) in [6.45, 7) is 7.66. The van der Waals surface area contributed by atoms with Crippen molar-refractivity contribution in [3.63, 3.8) is 0 Å². The number of phenols is 1. The maximum absolute atomic E-state index is 10.2. The molecule has 0 saturated carbocycles. The number of hydrogen-bond donors (Lipinski definition) is 2. The van der Waals surface area contributed by atoms with E-state index in [0.29, 0.717) is 12.4 Å². The van der Waals surface area contributed by atoms with Gasteiger partial charge in [0.1, 0.15) is 0 Å². The van der Waals surface area contributed by atoms with Gasteiger partial charge in [-0.3, -0.25) is 0 Å². The standard InChI is InChI=1S/C17H27NO3/c1-3-8-18-9-7-15(19)14(12-18)10-13-5-6-16(20)17(11-13)21-4-2/h5-6,11,14-15,19-20H,3-4,7-10,12H2,1-2H3. The van der Waals surface area contributed by atoms with Crippen LogP contribution in [0, 0.1) is 5.92 Å². The van der Waals surface area contributed by atoms with Crippen LogP contribution in [-0.2, 0) is 6.42 Å². The molecule has 1 aromatic carbocycles. The highest BCUT2D eigenvalue weighted by Crippen LogP contribution is 2.29. The lowest BCUT2D eigenvalue weighted by atomic mass is 9.88. The van der Waals surface area contributed by atoms with Crippen LogP contribution >= 0.6 is 0 Å². The molecule has 2 N–H and O–H groups in total. The topological polar surface area (TPSA) is 52.9 Å². The van der Waals surface area contributed by atoms with Crippen molar-refractivity contribution in [2.75, 3.05) is 26.2 Å². The molecule has 2 atom stereocenters. The first-order valence-electron chi connectivity index (χ1n) is 7.99. The largest absolute Gasteiger partial charge is 0.504 e. The van der Waals surface area contributed by atoms with Gasteiger partial charge in [0.25, 0.3) is 0 Å². The molecule has 1 aliphatic heterocycles. The van der Waals surface area contributed by atoms with Crippen molar-refractivity contribution >= 4 is 0 Å². The van der Waals surface area contributed by atoms with Gasteiger partial charge in [-0.2, -0.15) is 0 Å². The van der Waals surface area contributed by atoms with Crippen molar-refractivity contribution in [1.29, 1.82) is 0 Å². The summed E-state index contributed by atoms with van der Waals surface area (Å²) in [6, 6.07) is 5.49. The molecule has 1 saturated heterocycles. The van der Waals surface area contributed by atoms with Crippen molar-refractivity contribution in [2.45, 2.75) is 39.2 Å². The SMILES string of the molecule is CCCN1CCC(O)C(Cc2ccc(O)c(OCC)c2)C1. The van der Waals surface area contributed by atoms with Crippen LogP contribution in [0.3, 0.4) is 0 Å². The van der Waals surface area contributed by atoms with Gasteiger partial charge in [0.15, 0.2) is 11.5 Å². The van der Waals surface area contributed by atoms with Gasteiger partial charge < -0.3 is 19.8 Å². The van der Waals surface area contributed by atoms with Gasteiger partial charge in [-0.15, -0.1) is 0 Å². The first-order chi connectivity index (χ1) is 10.1. The maximum Gasteiger partial charge on any atom is 0.161 e. The van der Waals surface area contributed by atoms with Gasteiger partial charge in [-0.25, -0.2) is 0 Å². The number of hydrogen-bond acceptors (Lipinski definition) is 4. The monoisotopic (exact) mass is 293 g/mol. The van der Waals surface area contributed by atoms with Crippen LogP contribution < -0.4 is 4.74 Å².